The Labute approximate surface area is 133 Å². The highest BCUT2D eigenvalue weighted by atomic mass is 16.4. The number of benzene rings is 2. The highest BCUT2D eigenvalue weighted by Crippen LogP contribution is 2.32. The predicted octanol–water partition coefficient (Wildman–Crippen LogP) is 3.22. The van der Waals surface area contributed by atoms with Gasteiger partial charge in [-0.25, -0.2) is 4.79 Å². The van der Waals surface area contributed by atoms with Gasteiger partial charge in [0.25, 0.3) is 0 Å². The van der Waals surface area contributed by atoms with Gasteiger partial charge in [-0.2, -0.15) is 9.92 Å². The lowest BCUT2D eigenvalue weighted by molar-refractivity contribution is -0.141. The summed E-state index contributed by atoms with van der Waals surface area (Å²) in [6.07, 6.45) is -1.23. The average molecular weight is 312 g/mol. The van der Waals surface area contributed by atoms with Crippen molar-refractivity contribution in [3.8, 4) is 11.1 Å². The zero-order chi connectivity index (χ0) is 16.8. The summed E-state index contributed by atoms with van der Waals surface area (Å²) in [4.78, 5) is 14.2. The number of nitrogens with zero attached hydrogens (tertiary/aromatic N) is 4. The van der Waals surface area contributed by atoms with E-state index in [2.05, 4.69) is 10.1 Å². The number of carboxylic acid groups (broad SMARTS) is 1. The number of hydrogen-bond donors (Lipinski definition) is 2. The molecule has 0 bridgehead atoms. The van der Waals surface area contributed by atoms with Gasteiger partial charge < -0.3 is 10.2 Å². The van der Waals surface area contributed by atoms with Gasteiger partial charge in [0.2, 0.25) is 6.04 Å². The average Bonchev–Trinajstić information content (AvgIpc) is 2.54. The van der Waals surface area contributed by atoms with E-state index in [0.29, 0.717) is 11.3 Å². The Morgan fingerprint density at radius 3 is 2.35 bits per heavy atom. The van der Waals surface area contributed by atoms with Gasteiger partial charge in [-0.1, -0.05) is 48.5 Å². The van der Waals surface area contributed by atoms with Crippen LogP contribution in [0.4, 0.5) is 5.69 Å². The first-order valence-corrected chi connectivity index (χ1v) is 6.96. The van der Waals surface area contributed by atoms with Crippen LogP contribution in [0, 0.1) is 0 Å². The Morgan fingerprint density at radius 1 is 1.17 bits per heavy atom. The third-order valence-corrected chi connectivity index (χ3v) is 3.35. The number of carboxylic acids is 1. The fraction of sp³-hybridized carbons (Fsp3) is 0.188. The lowest BCUT2D eigenvalue weighted by atomic mass is 10.0. The van der Waals surface area contributed by atoms with Gasteiger partial charge >= 0.3 is 5.97 Å². The normalized spacial score (nSPS) is 12.8. The van der Waals surface area contributed by atoms with Gasteiger partial charge in [-0.3, -0.25) is 0 Å². The molecular weight excluding hydrogens is 296 g/mol. The Hall–Kier alpha value is -3.02. The summed E-state index contributed by atoms with van der Waals surface area (Å²) in [5.41, 5.74) is 10.8. The second kappa shape index (κ2) is 7.31. The molecule has 0 saturated carbocycles. The molecule has 0 aliphatic carbocycles. The van der Waals surface area contributed by atoms with Crippen molar-refractivity contribution in [1.29, 1.82) is 0 Å². The quantitative estimate of drug-likeness (QED) is 0.369. The first-order valence-electron chi connectivity index (χ1n) is 6.96. The molecule has 23 heavy (non-hydrogen) atoms. The Balaban J connectivity index is 2.61. The fourth-order valence-corrected chi connectivity index (χ4v) is 2.35. The van der Waals surface area contributed by atoms with Crippen molar-refractivity contribution in [3.63, 3.8) is 0 Å². The largest absolute Gasteiger partial charge is 0.478 e. The van der Waals surface area contributed by atoms with Crippen molar-refractivity contribution >= 4 is 11.7 Å². The molecule has 0 saturated heterocycles. The van der Waals surface area contributed by atoms with E-state index in [1.807, 2.05) is 30.3 Å². The van der Waals surface area contributed by atoms with Crippen molar-refractivity contribution in [3.05, 3.63) is 65.0 Å². The minimum Gasteiger partial charge on any atom is -0.478 e. The van der Waals surface area contributed by atoms with Crippen LogP contribution in [0.5, 0.6) is 0 Å². The third kappa shape index (κ3) is 3.60. The summed E-state index contributed by atoms with van der Waals surface area (Å²) in [6, 6.07) is 14.9. The predicted molar refractivity (Wildman–Crippen MR) is 86.6 cm³/mol. The number of aliphatic hydroxyl groups excluding tert-OH is 1. The van der Waals surface area contributed by atoms with Crippen LogP contribution in [0.3, 0.4) is 0 Å². The van der Waals surface area contributed by atoms with Gasteiger partial charge in [0.1, 0.15) is 11.8 Å². The smallest absolute Gasteiger partial charge is 0.352 e. The molecule has 118 valence electrons. The van der Waals surface area contributed by atoms with Crippen molar-refractivity contribution in [2.45, 2.75) is 19.1 Å². The van der Waals surface area contributed by atoms with Gasteiger partial charge in [-0.05, 0) is 23.8 Å². The van der Waals surface area contributed by atoms with Gasteiger partial charge in [0, 0.05) is 5.56 Å². The number of rotatable bonds is 6. The lowest BCUT2D eigenvalue weighted by Gasteiger charge is -2.24. The van der Waals surface area contributed by atoms with E-state index >= 15 is 0 Å². The van der Waals surface area contributed by atoms with Gasteiger partial charge in [-0.15, -0.1) is 5.53 Å². The van der Waals surface area contributed by atoms with E-state index in [1.165, 1.54) is 6.92 Å². The minimum atomic E-state index is -1.39. The zero-order valence-electron chi connectivity index (χ0n) is 12.4. The monoisotopic (exact) mass is 312 g/mol. The zero-order valence-corrected chi connectivity index (χ0v) is 12.4. The van der Waals surface area contributed by atoms with Crippen LogP contribution in [-0.4, -0.2) is 28.3 Å². The molecule has 0 amide bonds. The highest BCUT2D eigenvalue weighted by molar-refractivity contribution is 5.84. The number of anilines is 1. The number of aliphatic hydroxyl groups is 1. The summed E-state index contributed by atoms with van der Waals surface area (Å²) in [5, 5.41) is 23.7. The van der Waals surface area contributed by atoms with Crippen LogP contribution in [0.25, 0.3) is 21.6 Å². The molecule has 0 spiro atoms. The summed E-state index contributed by atoms with van der Waals surface area (Å²) in [5.74, 6) is -1.28. The second-order valence-electron chi connectivity index (χ2n) is 4.93. The molecule has 7 heteroatoms. The maximum atomic E-state index is 11.5. The van der Waals surface area contributed by atoms with E-state index < -0.39 is 18.1 Å². The van der Waals surface area contributed by atoms with Crippen LogP contribution in [0.1, 0.15) is 6.92 Å². The Morgan fingerprint density at radius 2 is 1.78 bits per heavy atom. The van der Waals surface area contributed by atoms with Crippen molar-refractivity contribution in [2.75, 3.05) is 5.01 Å². The van der Waals surface area contributed by atoms with Crippen LogP contribution in [0.2, 0.25) is 0 Å². The molecule has 2 N–H and O–H groups in total. The molecule has 2 aromatic rings. The minimum absolute atomic E-state index is 0.407. The number of carbonyl (C=O) groups is 1. The van der Waals surface area contributed by atoms with Crippen LogP contribution in [0.15, 0.2) is 59.8 Å². The van der Waals surface area contributed by atoms with E-state index in [-0.39, 0.29) is 0 Å². The molecule has 0 aliphatic rings. The maximum absolute atomic E-state index is 11.5. The summed E-state index contributed by atoms with van der Waals surface area (Å²) in [7, 11) is 0. The lowest BCUT2D eigenvalue weighted by Crippen LogP contribution is -2.45. The van der Waals surface area contributed by atoms with Crippen LogP contribution < -0.4 is 5.01 Å². The fourth-order valence-electron chi connectivity index (χ4n) is 2.35. The SMILES string of the molecule is C[C@@H](O)[C@@H](C(=O)O)N(N=[N+]=[N-])c1ccccc1-c1ccccc1. The number of aliphatic carboxylic acids is 1. The Kier molecular flexibility index (Phi) is 5.19. The Bertz CT molecular complexity index is 727. The van der Waals surface area contributed by atoms with Crippen LogP contribution in [-0.2, 0) is 4.79 Å². The first-order chi connectivity index (χ1) is 11.1. The summed E-state index contributed by atoms with van der Waals surface area (Å²) in [6.45, 7) is 1.34. The molecular formula is C16H16N4O3. The highest BCUT2D eigenvalue weighted by Gasteiger charge is 2.35. The van der Waals surface area contributed by atoms with E-state index in [9.17, 15) is 15.0 Å². The molecule has 0 aromatic heterocycles. The van der Waals surface area contributed by atoms with E-state index in [0.717, 1.165) is 10.6 Å². The van der Waals surface area contributed by atoms with Gasteiger partial charge in [0.05, 0.1) is 0 Å². The molecule has 0 unspecified atom stereocenters. The van der Waals surface area contributed by atoms with Gasteiger partial charge in [0.15, 0.2) is 0 Å². The summed E-state index contributed by atoms with van der Waals surface area (Å²) >= 11 is 0. The van der Waals surface area contributed by atoms with Crippen molar-refractivity contribution < 1.29 is 15.0 Å². The number of para-hydroxylation sites is 1. The third-order valence-electron chi connectivity index (χ3n) is 3.35. The number of hydrogen-bond acceptors (Lipinski definition) is 3. The molecule has 2 aromatic carbocycles. The van der Waals surface area contributed by atoms with E-state index in [4.69, 9.17) is 5.53 Å². The number of azide groups is 1. The molecule has 7 nitrogen and oxygen atoms in total. The molecule has 0 fully saturated rings. The van der Waals surface area contributed by atoms with E-state index in [1.54, 1.807) is 24.3 Å². The maximum Gasteiger partial charge on any atom is 0.352 e. The molecule has 0 aliphatic heterocycles. The standard InChI is InChI=1S/C16H16N4O3/c1-11(21)15(16(22)23)20(19-18-17)14-10-6-5-9-13(14)12-7-3-2-4-8-12/h2-11,15,21H,1H3,(H,22,23)/t11-,15+/m1/s1. The molecule has 0 heterocycles. The molecule has 2 rings (SSSR count). The summed E-state index contributed by atoms with van der Waals surface area (Å²) < 4.78 is 0. The topological polar surface area (TPSA) is 110 Å². The molecule has 2 atom stereocenters. The van der Waals surface area contributed by atoms with Crippen molar-refractivity contribution in [2.24, 2.45) is 5.22 Å². The first kappa shape index (κ1) is 16.4. The second-order valence-corrected chi connectivity index (χ2v) is 4.93. The van der Waals surface area contributed by atoms with Crippen molar-refractivity contribution in [1.82, 2.24) is 0 Å². The van der Waals surface area contributed by atoms with Crippen LogP contribution >= 0.6 is 0 Å². The molecule has 0 radical (unpaired) electrons.